The third kappa shape index (κ3) is 1.54. The number of para-hydroxylation sites is 1. The molecule has 68 valence electrons. The topological polar surface area (TPSA) is 34.0 Å². The summed E-state index contributed by atoms with van der Waals surface area (Å²) in [5.74, 6) is 0. The standard InChI is InChI=1S/C8H8N2OS2/c1-11-10-13-7-5-3-2-4-6(7)9-8(13)12/h2-5H,1H3,(H,9,12). The fourth-order valence-corrected chi connectivity index (χ4v) is 2.81. The molecule has 0 amide bonds. The van der Waals surface area contributed by atoms with Gasteiger partial charge in [-0.3, -0.25) is 0 Å². The highest BCUT2D eigenvalue weighted by Crippen LogP contribution is 2.32. The molecule has 0 radical (unpaired) electrons. The van der Waals surface area contributed by atoms with Gasteiger partial charge in [-0.2, -0.15) is 0 Å². The van der Waals surface area contributed by atoms with Crippen LogP contribution < -0.4 is 0 Å². The minimum absolute atomic E-state index is 0.430. The maximum atomic E-state index is 4.76. The minimum Gasteiger partial charge on any atom is -0.249 e. The van der Waals surface area contributed by atoms with Crippen molar-refractivity contribution in [2.75, 3.05) is 7.11 Å². The lowest BCUT2D eigenvalue weighted by molar-refractivity contribution is 0.221. The highest BCUT2D eigenvalue weighted by molar-refractivity contribution is 8.26. The number of aliphatic imine (C=N–C) groups is 1. The Hall–Kier alpha value is -0.650. The molecule has 1 unspecified atom stereocenters. The molecule has 3 nitrogen and oxygen atoms in total. The molecule has 1 aliphatic heterocycles. The fraction of sp³-hybridized carbons (Fsp3) is 0.125. The third-order valence-corrected chi connectivity index (χ3v) is 3.73. The van der Waals surface area contributed by atoms with Gasteiger partial charge in [-0.05, 0) is 12.1 Å². The monoisotopic (exact) mass is 212 g/mol. The number of nitrogens with zero attached hydrogens (tertiary/aromatic N) is 2. The van der Waals surface area contributed by atoms with Crippen LogP contribution in [0.25, 0.3) is 0 Å². The zero-order valence-electron chi connectivity index (χ0n) is 6.97. The van der Waals surface area contributed by atoms with Crippen molar-refractivity contribution in [2.45, 2.75) is 4.90 Å². The second kappa shape index (κ2) is 3.61. The smallest absolute Gasteiger partial charge is 0.145 e. The predicted octanol–water partition coefficient (Wildman–Crippen LogP) is 2.34. The van der Waals surface area contributed by atoms with E-state index in [4.69, 9.17) is 4.84 Å². The molecule has 2 rings (SSSR count). The Morgan fingerprint density at radius 1 is 1.46 bits per heavy atom. The molecule has 0 bridgehead atoms. The van der Waals surface area contributed by atoms with Gasteiger partial charge >= 0.3 is 0 Å². The Kier molecular flexibility index (Phi) is 2.48. The van der Waals surface area contributed by atoms with Crippen LogP contribution in [0.2, 0.25) is 0 Å². The summed E-state index contributed by atoms with van der Waals surface area (Å²) in [4.78, 5) is 10.1. The van der Waals surface area contributed by atoms with Crippen molar-refractivity contribution < 1.29 is 4.84 Å². The van der Waals surface area contributed by atoms with Crippen molar-refractivity contribution in [3.63, 3.8) is 0 Å². The highest BCUT2D eigenvalue weighted by atomic mass is 32.2. The Morgan fingerprint density at radius 3 is 3.00 bits per heavy atom. The van der Waals surface area contributed by atoms with Crippen LogP contribution in [0.5, 0.6) is 0 Å². The lowest BCUT2D eigenvalue weighted by Gasteiger charge is -1.98. The Morgan fingerprint density at radius 2 is 2.23 bits per heavy atom. The van der Waals surface area contributed by atoms with E-state index in [1.165, 1.54) is 7.11 Å². The van der Waals surface area contributed by atoms with Gasteiger partial charge in [-0.25, -0.2) is 9.83 Å². The molecule has 0 aliphatic carbocycles. The van der Waals surface area contributed by atoms with Gasteiger partial charge in [0.05, 0.1) is 17.7 Å². The molecule has 0 N–H and O–H groups in total. The summed E-state index contributed by atoms with van der Waals surface area (Å²) in [6.07, 6.45) is 0. The van der Waals surface area contributed by atoms with Crippen molar-refractivity contribution in [1.29, 1.82) is 0 Å². The number of rotatable bonds is 1. The summed E-state index contributed by atoms with van der Waals surface area (Å²) in [6, 6.07) is 7.85. The van der Waals surface area contributed by atoms with Crippen molar-refractivity contribution in [3.05, 3.63) is 24.3 Å². The summed E-state index contributed by atoms with van der Waals surface area (Å²) in [6.45, 7) is 0. The molecule has 0 saturated carbocycles. The molecule has 1 heterocycles. The van der Waals surface area contributed by atoms with Crippen LogP contribution in [0.15, 0.2) is 38.7 Å². The van der Waals surface area contributed by atoms with Gasteiger partial charge in [0.1, 0.15) is 4.38 Å². The van der Waals surface area contributed by atoms with Crippen LogP contribution >= 0.6 is 12.6 Å². The van der Waals surface area contributed by atoms with Crippen LogP contribution in [0.3, 0.4) is 0 Å². The minimum atomic E-state index is -0.430. The van der Waals surface area contributed by atoms with E-state index >= 15 is 0 Å². The van der Waals surface area contributed by atoms with Crippen molar-refractivity contribution in [3.8, 4) is 0 Å². The lowest BCUT2D eigenvalue weighted by atomic mass is 10.3. The summed E-state index contributed by atoms with van der Waals surface area (Å²) in [7, 11) is 1.11. The Bertz CT molecular complexity index is 401. The van der Waals surface area contributed by atoms with Crippen LogP contribution in [-0.4, -0.2) is 11.5 Å². The van der Waals surface area contributed by atoms with Crippen molar-refractivity contribution >= 4 is 33.4 Å². The first-order valence-corrected chi connectivity index (χ1v) is 5.31. The number of thiol groups is 1. The first kappa shape index (κ1) is 8.93. The van der Waals surface area contributed by atoms with Crippen LogP contribution in [0.1, 0.15) is 0 Å². The van der Waals surface area contributed by atoms with Gasteiger partial charge in [-0.15, -0.1) is 12.6 Å². The second-order valence-electron chi connectivity index (χ2n) is 2.40. The van der Waals surface area contributed by atoms with Gasteiger partial charge in [0, 0.05) is 10.7 Å². The van der Waals surface area contributed by atoms with Gasteiger partial charge in [-0.1, -0.05) is 16.7 Å². The van der Waals surface area contributed by atoms with E-state index in [1.807, 2.05) is 24.3 Å². The fourth-order valence-electron chi connectivity index (χ4n) is 1.11. The Labute approximate surface area is 84.3 Å². The zero-order valence-corrected chi connectivity index (χ0v) is 8.68. The number of hydrogen-bond acceptors (Lipinski definition) is 3. The van der Waals surface area contributed by atoms with E-state index in [0.717, 1.165) is 10.6 Å². The molecule has 0 saturated heterocycles. The lowest BCUT2D eigenvalue weighted by Crippen LogP contribution is -1.94. The quantitative estimate of drug-likeness (QED) is 0.433. The molecule has 5 heteroatoms. The summed E-state index contributed by atoms with van der Waals surface area (Å²) in [5.41, 5.74) is 0.941. The van der Waals surface area contributed by atoms with Crippen LogP contribution in [-0.2, 0) is 15.5 Å². The third-order valence-electron chi connectivity index (χ3n) is 1.61. The molecular weight excluding hydrogens is 204 g/mol. The first-order valence-electron chi connectivity index (χ1n) is 3.68. The number of benzene rings is 1. The molecule has 0 aromatic heterocycles. The van der Waals surface area contributed by atoms with E-state index in [9.17, 15) is 0 Å². The van der Waals surface area contributed by atoms with E-state index in [-0.39, 0.29) is 0 Å². The average Bonchev–Trinajstić information content (AvgIpc) is 2.44. The maximum Gasteiger partial charge on any atom is 0.145 e. The van der Waals surface area contributed by atoms with Crippen molar-refractivity contribution in [2.24, 2.45) is 9.52 Å². The van der Waals surface area contributed by atoms with Gasteiger partial charge in [0.2, 0.25) is 0 Å². The average molecular weight is 212 g/mol. The molecule has 13 heavy (non-hydrogen) atoms. The van der Waals surface area contributed by atoms with Crippen molar-refractivity contribution in [1.82, 2.24) is 0 Å². The van der Waals surface area contributed by atoms with Crippen LogP contribution in [0, 0.1) is 0 Å². The number of fused-ring (bicyclic) bond motifs is 1. The molecule has 1 aromatic carbocycles. The molecule has 0 fully saturated rings. The van der Waals surface area contributed by atoms with E-state index in [2.05, 4.69) is 22.1 Å². The normalized spacial score (nSPS) is 20.2. The molecule has 1 aromatic rings. The summed E-state index contributed by atoms with van der Waals surface area (Å²) in [5, 5.41) is 0. The maximum absolute atomic E-state index is 4.76. The van der Waals surface area contributed by atoms with E-state index in [0.29, 0.717) is 4.38 Å². The predicted molar refractivity (Wildman–Crippen MR) is 57.6 cm³/mol. The van der Waals surface area contributed by atoms with E-state index < -0.39 is 10.7 Å². The molecular formula is C8H8N2OS2. The SMILES string of the molecule is CO/N=S1\C(S)=Nc2ccccc21. The Balaban J connectivity index is 2.55. The zero-order chi connectivity index (χ0) is 9.26. The first-order chi connectivity index (χ1) is 6.33. The van der Waals surface area contributed by atoms with Crippen LogP contribution in [0.4, 0.5) is 5.69 Å². The summed E-state index contributed by atoms with van der Waals surface area (Å²) < 4.78 is 4.68. The van der Waals surface area contributed by atoms with Gasteiger partial charge < -0.3 is 0 Å². The van der Waals surface area contributed by atoms with Gasteiger partial charge in [0.15, 0.2) is 0 Å². The second-order valence-corrected chi connectivity index (χ2v) is 4.67. The molecule has 0 spiro atoms. The molecule has 1 atom stereocenters. The van der Waals surface area contributed by atoms with Gasteiger partial charge in [0.25, 0.3) is 0 Å². The summed E-state index contributed by atoms with van der Waals surface area (Å²) >= 11 is 4.25. The largest absolute Gasteiger partial charge is 0.249 e. The molecule has 1 aliphatic rings. The highest BCUT2D eigenvalue weighted by Gasteiger charge is 2.18. The number of hydrogen-bond donors (Lipinski definition) is 1. The van der Waals surface area contributed by atoms with E-state index in [1.54, 1.807) is 0 Å².